The molecule has 29 heavy (non-hydrogen) atoms. The second-order valence-corrected chi connectivity index (χ2v) is 9.03. The van der Waals surface area contributed by atoms with E-state index in [2.05, 4.69) is 0 Å². The molecule has 170 valence electrons. The third-order valence-electron chi connectivity index (χ3n) is 3.66. The number of nitrogens with zero attached hydrogens (tertiary/aromatic N) is 2. The van der Waals surface area contributed by atoms with Crippen molar-refractivity contribution in [3.63, 3.8) is 0 Å². The van der Waals surface area contributed by atoms with E-state index in [1.54, 1.807) is 48.5 Å². The number of carbonyl (C=O) groups excluding carboxylic acids is 3. The van der Waals surface area contributed by atoms with Gasteiger partial charge in [-0.3, -0.25) is 4.79 Å². The minimum atomic E-state index is -0.713. The summed E-state index contributed by atoms with van der Waals surface area (Å²) in [6.07, 6.45) is 1.61. The molecule has 0 aromatic rings. The zero-order valence-corrected chi connectivity index (χ0v) is 19.5. The second kappa shape index (κ2) is 12.7. The predicted octanol–water partition coefficient (Wildman–Crippen LogP) is 4.21. The minimum absolute atomic E-state index is 0.161. The lowest BCUT2D eigenvalue weighted by Gasteiger charge is -2.29. The average molecular weight is 417 g/mol. The van der Waals surface area contributed by atoms with Gasteiger partial charge in [0.1, 0.15) is 11.2 Å². The number of likely N-dealkylation sites (N-methyl/N-ethyl adjacent to an activating group) is 1. The molecule has 0 aliphatic rings. The maximum atomic E-state index is 12.5. The Morgan fingerprint density at radius 1 is 0.759 bits per heavy atom. The van der Waals surface area contributed by atoms with Crippen LogP contribution in [0.5, 0.6) is 0 Å². The first-order valence-corrected chi connectivity index (χ1v) is 10.3. The molecule has 0 heterocycles. The summed E-state index contributed by atoms with van der Waals surface area (Å²) in [4.78, 5) is 39.3. The number of rotatable bonds is 10. The Morgan fingerprint density at radius 2 is 1.28 bits per heavy atom. The number of unbranched alkanes of at least 4 members (excludes halogenated alkanes) is 2. The van der Waals surface area contributed by atoms with Crippen LogP contribution in [0.25, 0.3) is 0 Å². The van der Waals surface area contributed by atoms with Crippen LogP contribution >= 0.6 is 0 Å². The molecule has 0 atom stereocenters. The van der Waals surface area contributed by atoms with Crippen LogP contribution in [0, 0.1) is 0 Å². The summed E-state index contributed by atoms with van der Waals surface area (Å²) in [5, 5.41) is 0. The van der Waals surface area contributed by atoms with Gasteiger partial charge in [0, 0.05) is 19.5 Å². The van der Waals surface area contributed by atoms with Gasteiger partial charge in [-0.25, -0.2) is 14.5 Å². The Balaban J connectivity index is 4.54. The maximum Gasteiger partial charge on any atom is 0.419 e. The smallest absolute Gasteiger partial charge is 0.419 e. The van der Waals surface area contributed by atoms with Crippen LogP contribution in [0.1, 0.15) is 74.1 Å². The van der Waals surface area contributed by atoms with Crippen molar-refractivity contribution in [2.45, 2.75) is 85.4 Å². The molecule has 0 radical (unpaired) electrons. The van der Waals surface area contributed by atoms with Gasteiger partial charge in [0.2, 0.25) is 0 Å². The van der Waals surface area contributed by atoms with Crippen molar-refractivity contribution < 1.29 is 28.6 Å². The van der Waals surface area contributed by atoms with Gasteiger partial charge < -0.3 is 19.1 Å². The van der Waals surface area contributed by atoms with Crippen molar-refractivity contribution in [3.8, 4) is 0 Å². The molecule has 0 aliphatic heterocycles. The van der Waals surface area contributed by atoms with Crippen LogP contribution in [-0.2, 0) is 19.0 Å². The zero-order chi connectivity index (χ0) is 22.7. The Hall–Kier alpha value is -1.83. The van der Waals surface area contributed by atoms with Crippen molar-refractivity contribution in [2.24, 2.45) is 0 Å². The van der Waals surface area contributed by atoms with Crippen molar-refractivity contribution in [1.29, 1.82) is 0 Å². The van der Waals surface area contributed by atoms with Gasteiger partial charge in [0.15, 0.2) is 0 Å². The fourth-order valence-corrected chi connectivity index (χ4v) is 2.33. The van der Waals surface area contributed by atoms with Crippen LogP contribution in [0.2, 0.25) is 0 Å². The fourth-order valence-electron chi connectivity index (χ4n) is 2.33. The number of carbonyl (C=O) groups is 3. The van der Waals surface area contributed by atoms with Crippen molar-refractivity contribution in [1.82, 2.24) is 9.80 Å². The summed E-state index contributed by atoms with van der Waals surface area (Å²) in [5.74, 6) is -0.161. The number of esters is 1. The van der Waals surface area contributed by atoms with Gasteiger partial charge in [0.05, 0.1) is 6.61 Å². The quantitative estimate of drug-likeness (QED) is 0.299. The highest BCUT2D eigenvalue weighted by molar-refractivity contribution is 5.88. The van der Waals surface area contributed by atoms with Crippen molar-refractivity contribution >= 4 is 18.2 Å². The molecule has 2 amide bonds. The number of amides is 2. The number of ether oxygens (including phenoxy) is 3. The minimum Gasteiger partial charge on any atom is -0.466 e. The van der Waals surface area contributed by atoms with Crippen LogP contribution in [0.3, 0.4) is 0 Å². The van der Waals surface area contributed by atoms with Crippen LogP contribution in [-0.4, -0.2) is 72.4 Å². The summed E-state index contributed by atoms with van der Waals surface area (Å²) in [7, 11) is 1.92. The molecular weight excluding hydrogens is 376 g/mol. The van der Waals surface area contributed by atoms with Gasteiger partial charge in [0.25, 0.3) is 0 Å². The van der Waals surface area contributed by atoms with Gasteiger partial charge in [-0.15, -0.1) is 0 Å². The molecule has 0 aromatic heterocycles. The van der Waals surface area contributed by atoms with E-state index in [0.29, 0.717) is 19.6 Å². The van der Waals surface area contributed by atoms with E-state index < -0.39 is 23.4 Å². The Kier molecular flexibility index (Phi) is 11.9. The third-order valence-corrected chi connectivity index (χ3v) is 3.66. The average Bonchev–Trinajstić information content (AvgIpc) is 2.51. The molecule has 0 aromatic carbocycles. The monoisotopic (exact) mass is 416 g/mol. The van der Waals surface area contributed by atoms with E-state index in [4.69, 9.17) is 14.2 Å². The van der Waals surface area contributed by atoms with Gasteiger partial charge in [-0.05, 0) is 74.9 Å². The van der Waals surface area contributed by atoms with E-state index in [-0.39, 0.29) is 12.5 Å². The molecule has 0 spiro atoms. The fraction of sp³-hybridized carbons (Fsp3) is 0.857. The largest absolute Gasteiger partial charge is 0.466 e. The van der Waals surface area contributed by atoms with Crippen molar-refractivity contribution in [3.05, 3.63) is 0 Å². The Labute approximate surface area is 175 Å². The summed E-state index contributed by atoms with van der Waals surface area (Å²) in [6.45, 7) is 14.2. The summed E-state index contributed by atoms with van der Waals surface area (Å²) >= 11 is 0. The van der Waals surface area contributed by atoms with Gasteiger partial charge in [-0.1, -0.05) is 6.42 Å². The summed E-state index contributed by atoms with van der Waals surface area (Å²) < 4.78 is 15.6. The van der Waals surface area contributed by atoms with Gasteiger partial charge in [-0.2, -0.15) is 0 Å². The van der Waals surface area contributed by atoms with E-state index in [0.717, 1.165) is 30.7 Å². The molecule has 0 saturated heterocycles. The Bertz CT molecular complexity index is 494. The lowest BCUT2D eigenvalue weighted by molar-refractivity contribution is -0.143. The van der Waals surface area contributed by atoms with E-state index in [1.807, 2.05) is 11.9 Å². The second-order valence-electron chi connectivity index (χ2n) is 9.03. The molecule has 0 unspecified atom stereocenters. The maximum absolute atomic E-state index is 12.5. The SMILES string of the molecule is CCOC(=O)CCCCCN(C)CCN(C(=O)OC(C)(C)C)C(=O)OC(C)(C)C. The number of imide groups is 1. The van der Waals surface area contributed by atoms with Crippen LogP contribution in [0.4, 0.5) is 9.59 Å². The molecular formula is C21H40N2O6. The molecule has 8 nitrogen and oxygen atoms in total. The van der Waals surface area contributed by atoms with E-state index in [9.17, 15) is 14.4 Å². The first-order valence-electron chi connectivity index (χ1n) is 10.3. The highest BCUT2D eigenvalue weighted by Gasteiger charge is 2.31. The first kappa shape index (κ1) is 27.2. The molecule has 0 aliphatic carbocycles. The molecule has 0 N–H and O–H groups in total. The molecule has 8 heteroatoms. The van der Waals surface area contributed by atoms with Crippen LogP contribution < -0.4 is 0 Å². The van der Waals surface area contributed by atoms with E-state index in [1.165, 1.54) is 0 Å². The van der Waals surface area contributed by atoms with E-state index >= 15 is 0 Å². The van der Waals surface area contributed by atoms with Crippen molar-refractivity contribution in [2.75, 3.05) is 33.3 Å². The van der Waals surface area contributed by atoms with Gasteiger partial charge >= 0.3 is 18.2 Å². The lowest BCUT2D eigenvalue weighted by atomic mass is 10.2. The number of hydrogen-bond donors (Lipinski definition) is 0. The Morgan fingerprint density at radius 3 is 1.72 bits per heavy atom. The molecule has 0 saturated carbocycles. The predicted molar refractivity (Wildman–Crippen MR) is 112 cm³/mol. The number of hydrogen-bond acceptors (Lipinski definition) is 7. The zero-order valence-electron chi connectivity index (χ0n) is 19.5. The summed E-state index contributed by atoms with van der Waals surface area (Å²) in [6, 6.07) is 0. The lowest BCUT2D eigenvalue weighted by Crippen LogP contribution is -2.46. The molecule has 0 bridgehead atoms. The topological polar surface area (TPSA) is 85.4 Å². The third kappa shape index (κ3) is 14.8. The molecule has 0 rings (SSSR count). The highest BCUT2D eigenvalue weighted by atomic mass is 16.6. The first-order chi connectivity index (χ1) is 13.2. The highest BCUT2D eigenvalue weighted by Crippen LogP contribution is 2.14. The summed E-state index contributed by atoms with van der Waals surface area (Å²) in [5.41, 5.74) is -1.41. The molecule has 0 fully saturated rings. The van der Waals surface area contributed by atoms with Crippen LogP contribution in [0.15, 0.2) is 0 Å². The standard InChI is InChI=1S/C21H40N2O6/c1-9-27-17(24)13-11-10-12-14-22(8)15-16-23(18(25)28-20(2,3)4)19(26)29-21(5,6)7/h9-16H2,1-8H3. The normalized spacial score (nSPS) is 11.9.